The molecule has 1 heterocycles. The molecule has 1 saturated heterocycles. The molecule has 0 saturated carbocycles. The van der Waals surface area contributed by atoms with E-state index < -0.39 is 0 Å². The molecule has 0 spiro atoms. The fourth-order valence-corrected chi connectivity index (χ4v) is 4.02. The smallest absolute Gasteiger partial charge is 0.254 e. The maximum absolute atomic E-state index is 13.1. The Bertz CT molecular complexity index is 1110. The van der Waals surface area contributed by atoms with Gasteiger partial charge in [0.1, 0.15) is 0 Å². The maximum atomic E-state index is 13.1. The van der Waals surface area contributed by atoms with E-state index in [-0.39, 0.29) is 23.6 Å². The number of amides is 3. The number of hydrogen-bond donors (Lipinski definition) is 2. The summed E-state index contributed by atoms with van der Waals surface area (Å²) in [4.78, 5) is 39.2. The number of piperidine rings is 1. The van der Waals surface area contributed by atoms with Gasteiger partial charge in [-0.3, -0.25) is 14.4 Å². The van der Waals surface area contributed by atoms with Gasteiger partial charge in [-0.15, -0.1) is 0 Å². The fourth-order valence-electron chi connectivity index (χ4n) is 4.02. The molecule has 0 aliphatic carbocycles. The van der Waals surface area contributed by atoms with Crippen molar-refractivity contribution in [3.8, 4) is 0 Å². The molecule has 158 valence electrons. The third kappa shape index (κ3) is 4.43. The van der Waals surface area contributed by atoms with Crippen molar-refractivity contribution < 1.29 is 14.4 Å². The van der Waals surface area contributed by atoms with Crippen molar-refractivity contribution in [3.05, 3.63) is 77.9 Å². The second kappa shape index (κ2) is 9.00. The molecule has 3 amide bonds. The maximum Gasteiger partial charge on any atom is 0.254 e. The van der Waals surface area contributed by atoms with E-state index in [9.17, 15) is 14.4 Å². The van der Waals surface area contributed by atoms with Crippen molar-refractivity contribution in [2.45, 2.75) is 12.8 Å². The van der Waals surface area contributed by atoms with Crippen LogP contribution in [0.4, 0.5) is 5.69 Å². The number of likely N-dealkylation sites (tertiary alicyclic amines) is 1. The largest absolute Gasteiger partial charge is 0.355 e. The van der Waals surface area contributed by atoms with Crippen molar-refractivity contribution in [3.63, 3.8) is 0 Å². The molecule has 1 aliphatic rings. The lowest BCUT2D eigenvalue weighted by Gasteiger charge is -2.31. The molecule has 3 aromatic carbocycles. The summed E-state index contributed by atoms with van der Waals surface area (Å²) < 4.78 is 0. The average molecular weight is 415 g/mol. The Morgan fingerprint density at radius 1 is 0.871 bits per heavy atom. The minimum absolute atomic E-state index is 0.0143. The van der Waals surface area contributed by atoms with Gasteiger partial charge in [0.05, 0.1) is 0 Å². The van der Waals surface area contributed by atoms with Gasteiger partial charge in [-0.1, -0.05) is 36.4 Å². The van der Waals surface area contributed by atoms with Crippen molar-refractivity contribution in [2.24, 2.45) is 5.92 Å². The third-order valence-corrected chi connectivity index (χ3v) is 5.81. The Morgan fingerprint density at radius 2 is 1.55 bits per heavy atom. The summed E-state index contributed by atoms with van der Waals surface area (Å²) in [6, 6.07) is 20.5. The van der Waals surface area contributed by atoms with Gasteiger partial charge in [-0.25, -0.2) is 0 Å². The molecule has 0 aromatic heterocycles. The summed E-state index contributed by atoms with van der Waals surface area (Å²) in [6.07, 6.45) is 1.25. The number of nitrogens with zero attached hydrogens (tertiary/aromatic N) is 1. The van der Waals surface area contributed by atoms with E-state index in [1.807, 2.05) is 47.4 Å². The van der Waals surface area contributed by atoms with E-state index >= 15 is 0 Å². The highest BCUT2D eigenvalue weighted by Gasteiger charge is 2.28. The second-order valence-corrected chi connectivity index (χ2v) is 7.74. The van der Waals surface area contributed by atoms with Gasteiger partial charge >= 0.3 is 0 Å². The van der Waals surface area contributed by atoms with Gasteiger partial charge < -0.3 is 15.5 Å². The first kappa shape index (κ1) is 20.6. The summed E-state index contributed by atoms with van der Waals surface area (Å²) in [5, 5.41) is 7.49. The van der Waals surface area contributed by atoms with E-state index in [1.54, 1.807) is 31.3 Å². The molecule has 0 unspecified atom stereocenters. The molecule has 2 N–H and O–H groups in total. The molecular weight excluding hydrogens is 390 g/mol. The van der Waals surface area contributed by atoms with E-state index in [0.29, 0.717) is 42.7 Å². The average Bonchev–Trinajstić information content (AvgIpc) is 2.83. The third-order valence-electron chi connectivity index (χ3n) is 5.81. The van der Waals surface area contributed by atoms with E-state index in [0.717, 1.165) is 10.8 Å². The zero-order valence-electron chi connectivity index (χ0n) is 17.4. The standard InChI is InChI=1S/C25H25N3O3/c1-26-23(29)18-9-11-20(12-10-18)27-24(30)19-13-15-28(16-14-19)25(31)22-8-4-6-17-5-2-3-7-21(17)22/h2-12,19H,13-16H2,1H3,(H,26,29)(H,27,30). The zero-order valence-corrected chi connectivity index (χ0v) is 17.4. The van der Waals surface area contributed by atoms with Crippen LogP contribution in [0.25, 0.3) is 10.8 Å². The lowest BCUT2D eigenvalue weighted by molar-refractivity contribution is -0.121. The highest BCUT2D eigenvalue weighted by Crippen LogP contribution is 2.24. The second-order valence-electron chi connectivity index (χ2n) is 7.74. The topological polar surface area (TPSA) is 78.5 Å². The van der Waals surface area contributed by atoms with Gasteiger partial charge in [0.15, 0.2) is 0 Å². The Balaban J connectivity index is 1.36. The summed E-state index contributed by atoms with van der Waals surface area (Å²) in [7, 11) is 1.58. The van der Waals surface area contributed by atoms with Crippen molar-refractivity contribution >= 4 is 34.2 Å². The Morgan fingerprint density at radius 3 is 2.26 bits per heavy atom. The molecule has 0 bridgehead atoms. The zero-order chi connectivity index (χ0) is 21.8. The van der Waals surface area contributed by atoms with Crippen LogP contribution in [0.2, 0.25) is 0 Å². The Kier molecular flexibility index (Phi) is 5.98. The minimum Gasteiger partial charge on any atom is -0.355 e. The first-order valence-corrected chi connectivity index (χ1v) is 10.5. The molecule has 6 heteroatoms. The number of benzene rings is 3. The van der Waals surface area contributed by atoms with Crippen LogP contribution in [0.15, 0.2) is 66.7 Å². The van der Waals surface area contributed by atoms with E-state index in [4.69, 9.17) is 0 Å². The minimum atomic E-state index is -0.166. The predicted octanol–water partition coefficient (Wildman–Crippen LogP) is 3.69. The monoisotopic (exact) mass is 415 g/mol. The number of hydrogen-bond acceptors (Lipinski definition) is 3. The van der Waals surface area contributed by atoms with Gasteiger partial charge in [0, 0.05) is 42.9 Å². The highest BCUT2D eigenvalue weighted by atomic mass is 16.2. The normalized spacial score (nSPS) is 14.3. The first-order valence-electron chi connectivity index (χ1n) is 10.5. The van der Waals surface area contributed by atoms with E-state index in [1.165, 1.54) is 0 Å². The van der Waals surface area contributed by atoms with Crippen molar-refractivity contribution in [2.75, 3.05) is 25.5 Å². The number of fused-ring (bicyclic) bond motifs is 1. The van der Waals surface area contributed by atoms with Gasteiger partial charge in [0.25, 0.3) is 11.8 Å². The molecule has 0 radical (unpaired) electrons. The molecule has 4 rings (SSSR count). The van der Waals surface area contributed by atoms with Crippen LogP contribution in [0.3, 0.4) is 0 Å². The summed E-state index contributed by atoms with van der Waals surface area (Å²) >= 11 is 0. The Labute approximate surface area is 181 Å². The van der Waals surface area contributed by atoms with Gasteiger partial charge in [-0.05, 0) is 53.9 Å². The van der Waals surface area contributed by atoms with Crippen LogP contribution < -0.4 is 10.6 Å². The summed E-state index contributed by atoms with van der Waals surface area (Å²) in [5.74, 6) is -0.346. The molecule has 6 nitrogen and oxygen atoms in total. The van der Waals surface area contributed by atoms with Gasteiger partial charge in [-0.2, -0.15) is 0 Å². The number of carbonyl (C=O) groups excluding carboxylic acids is 3. The molecule has 1 aliphatic heterocycles. The van der Waals surface area contributed by atoms with Crippen LogP contribution in [-0.4, -0.2) is 42.8 Å². The lowest BCUT2D eigenvalue weighted by Crippen LogP contribution is -2.41. The highest BCUT2D eigenvalue weighted by molar-refractivity contribution is 6.07. The summed E-state index contributed by atoms with van der Waals surface area (Å²) in [5.41, 5.74) is 1.91. The van der Waals surface area contributed by atoms with Crippen LogP contribution in [-0.2, 0) is 4.79 Å². The quantitative estimate of drug-likeness (QED) is 0.682. The molecule has 31 heavy (non-hydrogen) atoms. The van der Waals surface area contributed by atoms with Crippen LogP contribution in [0.1, 0.15) is 33.6 Å². The fraction of sp³-hybridized carbons (Fsp3) is 0.240. The summed E-state index contributed by atoms with van der Waals surface area (Å²) in [6.45, 7) is 1.10. The van der Waals surface area contributed by atoms with Crippen molar-refractivity contribution in [1.29, 1.82) is 0 Å². The van der Waals surface area contributed by atoms with Crippen molar-refractivity contribution in [1.82, 2.24) is 10.2 Å². The number of nitrogens with one attached hydrogen (secondary N) is 2. The van der Waals surface area contributed by atoms with Crippen LogP contribution in [0.5, 0.6) is 0 Å². The Hall–Kier alpha value is -3.67. The lowest BCUT2D eigenvalue weighted by atomic mass is 9.94. The molecule has 3 aromatic rings. The van der Waals surface area contributed by atoms with Gasteiger partial charge in [0.2, 0.25) is 5.91 Å². The number of rotatable bonds is 4. The predicted molar refractivity (Wildman–Crippen MR) is 121 cm³/mol. The number of anilines is 1. The SMILES string of the molecule is CNC(=O)c1ccc(NC(=O)C2CCN(C(=O)c3cccc4ccccc34)CC2)cc1. The van der Waals surface area contributed by atoms with Crippen LogP contribution >= 0.6 is 0 Å². The molecule has 0 atom stereocenters. The number of carbonyl (C=O) groups is 3. The van der Waals surface area contributed by atoms with Crippen LogP contribution in [0, 0.1) is 5.92 Å². The molecular formula is C25H25N3O3. The molecule has 1 fully saturated rings. The van der Waals surface area contributed by atoms with E-state index in [2.05, 4.69) is 10.6 Å². The first-order chi connectivity index (χ1) is 15.1.